The molecule has 33 heavy (non-hydrogen) atoms. The molecule has 3 atom stereocenters. The van der Waals surface area contributed by atoms with Crippen molar-refractivity contribution in [1.82, 2.24) is 20.9 Å². The van der Waals surface area contributed by atoms with Gasteiger partial charge >= 0.3 is 5.97 Å². The van der Waals surface area contributed by atoms with Gasteiger partial charge in [0, 0.05) is 23.5 Å². The van der Waals surface area contributed by atoms with Crippen LogP contribution in [0, 0.1) is 0 Å². The summed E-state index contributed by atoms with van der Waals surface area (Å²) >= 11 is 0. The van der Waals surface area contributed by atoms with Crippen LogP contribution in [0.15, 0.2) is 30.5 Å². The number of rotatable bonds is 12. The molecule has 1 heterocycles. The van der Waals surface area contributed by atoms with E-state index in [4.69, 9.17) is 16.6 Å². The molecular weight excluding hydrogens is 432 g/mol. The Balaban J connectivity index is 2.02. The molecule has 0 aliphatic carbocycles. The number of amides is 4. The lowest BCUT2D eigenvalue weighted by atomic mass is 10.0. The van der Waals surface area contributed by atoms with Gasteiger partial charge in [0.25, 0.3) is 0 Å². The van der Waals surface area contributed by atoms with E-state index in [0.717, 1.165) is 16.5 Å². The Morgan fingerprint density at radius 3 is 2.42 bits per heavy atom. The number of fused-ring (bicyclic) bond motifs is 1. The molecule has 2 aromatic rings. The highest BCUT2D eigenvalue weighted by Gasteiger charge is 2.27. The largest absolute Gasteiger partial charge is 0.480 e. The number of benzene rings is 1. The van der Waals surface area contributed by atoms with Gasteiger partial charge in [-0.15, -0.1) is 0 Å². The molecule has 4 amide bonds. The summed E-state index contributed by atoms with van der Waals surface area (Å²) in [6.07, 6.45) is 1.67. The summed E-state index contributed by atoms with van der Waals surface area (Å²) < 4.78 is 0. The molecule has 0 aliphatic heterocycles. The first kappa shape index (κ1) is 25.3. The summed E-state index contributed by atoms with van der Waals surface area (Å²) in [6, 6.07) is 4.29. The second kappa shape index (κ2) is 11.6. The number of hydrogen-bond donors (Lipinski definition) is 7. The fourth-order valence-corrected chi connectivity index (χ4v) is 3.16. The average molecular weight is 460 g/mol. The van der Waals surface area contributed by atoms with Gasteiger partial charge in [-0.3, -0.25) is 24.0 Å². The SMILES string of the molecule is CC(NC(=O)C(CCC(N)=O)NC(=O)C(N)Cc1c[nH]c2ccccc12)C(=O)NCC(=O)O. The Bertz CT molecular complexity index is 1040. The van der Waals surface area contributed by atoms with Crippen LogP contribution in [-0.4, -0.2) is 64.4 Å². The Morgan fingerprint density at radius 1 is 1.06 bits per heavy atom. The standard InChI is InChI=1S/C21H28N6O6/c1-11(19(31)25-10-18(29)30)26-21(33)16(6-7-17(23)28)27-20(32)14(22)8-12-9-24-15-5-3-2-4-13(12)15/h2-5,9,11,14,16,24H,6-8,10,22H2,1H3,(H2,23,28)(H,25,31)(H,26,33)(H,27,32)(H,29,30). The minimum Gasteiger partial charge on any atom is -0.480 e. The van der Waals surface area contributed by atoms with Gasteiger partial charge in [0.05, 0.1) is 6.04 Å². The van der Waals surface area contributed by atoms with Crippen molar-refractivity contribution in [3.05, 3.63) is 36.0 Å². The first-order valence-corrected chi connectivity index (χ1v) is 10.3. The second-order valence-electron chi connectivity index (χ2n) is 7.58. The second-order valence-corrected chi connectivity index (χ2v) is 7.58. The van der Waals surface area contributed by atoms with E-state index in [0.29, 0.717) is 0 Å². The van der Waals surface area contributed by atoms with Crippen LogP contribution in [0.2, 0.25) is 0 Å². The van der Waals surface area contributed by atoms with Crippen molar-refractivity contribution < 1.29 is 29.1 Å². The average Bonchev–Trinajstić information content (AvgIpc) is 3.17. The predicted molar refractivity (Wildman–Crippen MR) is 119 cm³/mol. The van der Waals surface area contributed by atoms with E-state index in [2.05, 4.69) is 20.9 Å². The van der Waals surface area contributed by atoms with Crippen LogP contribution in [-0.2, 0) is 30.4 Å². The van der Waals surface area contributed by atoms with Crippen LogP contribution in [0.3, 0.4) is 0 Å². The van der Waals surface area contributed by atoms with Crippen LogP contribution >= 0.6 is 0 Å². The number of aromatic nitrogens is 1. The predicted octanol–water partition coefficient (Wildman–Crippen LogP) is -1.51. The number of hydrogen-bond acceptors (Lipinski definition) is 6. The summed E-state index contributed by atoms with van der Waals surface area (Å²) in [6.45, 7) is 0.744. The number of primary amides is 1. The van der Waals surface area contributed by atoms with Crippen LogP contribution in [0.1, 0.15) is 25.3 Å². The van der Waals surface area contributed by atoms with Crippen LogP contribution in [0.5, 0.6) is 0 Å². The summed E-state index contributed by atoms with van der Waals surface area (Å²) in [5.41, 5.74) is 12.9. The maximum absolute atomic E-state index is 12.7. The van der Waals surface area contributed by atoms with E-state index in [1.807, 2.05) is 24.3 Å². The molecule has 12 heteroatoms. The smallest absolute Gasteiger partial charge is 0.322 e. The maximum Gasteiger partial charge on any atom is 0.322 e. The Kier molecular flexibility index (Phi) is 8.92. The highest BCUT2D eigenvalue weighted by Crippen LogP contribution is 2.18. The third-order valence-electron chi connectivity index (χ3n) is 4.93. The number of carboxylic acid groups (broad SMARTS) is 1. The number of para-hydroxylation sites is 1. The van der Waals surface area contributed by atoms with E-state index >= 15 is 0 Å². The lowest BCUT2D eigenvalue weighted by Gasteiger charge is -2.22. The van der Waals surface area contributed by atoms with Crippen molar-refractivity contribution >= 4 is 40.5 Å². The highest BCUT2D eigenvalue weighted by molar-refractivity contribution is 5.94. The Morgan fingerprint density at radius 2 is 1.76 bits per heavy atom. The highest BCUT2D eigenvalue weighted by atomic mass is 16.4. The summed E-state index contributed by atoms with van der Waals surface area (Å²) in [5.74, 6) is -3.98. The number of carbonyl (C=O) groups is 5. The van der Waals surface area contributed by atoms with Gasteiger partial charge in [-0.2, -0.15) is 0 Å². The number of aliphatic carboxylic acids is 1. The van der Waals surface area contributed by atoms with Gasteiger partial charge in [0.1, 0.15) is 18.6 Å². The Hall–Kier alpha value is -3.93. The molecule has 0 bridgehead atoms. The molecule has 3 unspecified atom stereocenters. The molecule has 0 saturated carbocycles. The van der Waals surface area contributed by atoms with Crippen molar-refractivity contribution in [2.45, 2.75) is 44.3 Å². The van der Waals surface area contributed by atoms with E-state index in [-0.39, 0.29) is 19.3 Å². The summed E-state index contributed by atoms with van der Waals surface area (Å²) in [7, 11) is 0. The zero-order valence-electron chi connectivity index (χ0n) is 18.1. The molecule has 0 radical (unpaired) electrons. The number of aromatic amines is 1. The molecular formula is C21H28N6O6. The Labute approximate surface area is 189 Å². The first-order chi connectivity index (χ1) is 15.6. The molecule has 2 rings (SSSR count). The quantitative estimate of drug-likeness (QED) is 0.199. The molecule has 0 fully saturated rings. The van der Waals surface area contributed by atoms with Gasteiger partial charge in [-0.1, -0.05) is 18.2 Å². The number of carbonyl (C=O) groups excluding carboxylic acids is 4. The molecule has 0 aliphatic rings. The van der Waals surface area contributed by atoms with Gasteiger partial charge in [-0.25, -0.2) is 0 Å². The van der Waals surface area contributed by atoms with Gasteiger partial charge in [0.15, 0.2) is 0 Å². The lowest BCUT2D eigenvalue weighted by molar-refractivity contribution is -0.138. The first-order valence-electron chi connectivity index (χ1n) is 10.3. The minimum atomic E-state index is -1.24. The molecule has 1 aromatic heterocycles. The van der Waals surface area contributed by atoms with Crippen LogP contribution < -0.4 is 27.4 Å². The number of H-pyrrole nitrogens is 1. The van der Waals surface area contributed by atoms with Crippen LogP contribution in [0.4, 0.5) is 0 Å². The van der Waals surface area contributed by atoms with Crippen molar-refractivity contribution in [3.63, 3.8) is 0 Å². The van der Waals surface area contributed by atoms with E-state index in [1.165, 1.54) is 6.92 Å². The number of nitrogens with one attached hydrogen (secondary N) is 4. The van der Waals surface area contributed by atoms with Crippen molar-refractivity contribution in [1.29, 1.82) is 0 Å². The fraction of sp³-hybridized carbons (Fsp3) is 0.381. The van der Waals surface area contributed by atoms with E-state index in [1.54, 1.807) is 6.20 Å². The third-order valence-corrected chi connectivity index (χ3v) is 4.93. The molecule has 9 N–H and O–H groups in total. The van der Waals surface area contributed by atoms with Crippen molar-refractivity contribution in [2.24, 2.45) is 11.5 Å². The zero-order chi connectivity index (χ0) is 24.5. The molecule has 12 nitrogen and oxygen atoms in total. The maximum atomic E-state index is 12.7. The van der Waals surface area contributed by atoms with E-state index < -0.39 is 54.3 Å². The van der Waals surface area contributed by atoms with E-state index in [9.17, 15) is 24.0 Å². The number of nitrogens with two attached hydrogens (primary N) is 2. The van der Waals surface area contributed by atoms with Gasteiger partial charge in [-0.05, 0) is 31.4 Å². The fourth-order valence-electron chi connectivity index (χ4n) is 3.16. The lowest BCUT2D eigenvalue weighted by Crippen LogP contribution is -2.55. The minimum absolute atomic E-state index is 0.101. The summed E-state index contributed by atoms with van der Waals surface area (Å²) in [5, 5.41) is 16.6. The molecule has 178 valence electrons. The summed E-state index contributed by atoms with van der Waals surface area (Å²) in [4.78, 5) is 62.1. The monoisotopic (exact) mass is 460 g/mol. The van der Waals surface area contributed by atoms with Crippen LogP contribution in [0.25, 0.3) is 10.9 Å². The van der Waals surface area contributed by atoms with Gasteiger partial charge < -0.3 is 37.5 Å². The number of carboxylic acids is 1. The molecule has 0 saturated heterocycles. The topological polar surface area (TPSA) is 209 Å². The van der Waals surface area contributed by atoms with Crippen molar-refractivity contribution in [3.8, 4) is 0 Å². The molecule has 1 aromatic carbocycles. The normalized spacial score (nSPS) is 13.5. The van der Waals surface area contributed by atoms with Gasteiger partial charge in [0.2, 0.25) is 23.6 Å². The van der Waals surface area contributed by atoms with Crippen molar-refractivity contribution in [2.75, 3.05) is 6.54 Å². The zero-order valence-corrected chi connectivity index (χ0v) is 18.1. The molecule has 0 spiro atoms. The third kappa shape index (κ3) is 7.61.